The SMILES string of the molecule is CNc1ccc(S(=O)(=O)Nc2ccc3c(c2)OCO3)cc1. The maximum absolute atomic E-state index is 12.3. The van der Waals surface area contributed by atoms with Crippen LogP contribution in [0.2, 0.25) is 0 Å². The van der Waals surface area contributed by atoms with E-state index < -0.39 is 10.0 Å². The van der Waals surface area contributed by atoms with Gasteiger partial charge in [-0.15, -0.1) is 0 Å². The fourth-order valence-corrected chi connectivity index (χ4v) is 3.02. The standard InChI is InChI=1S/C14H14N2O4S/c1-15-10-2-5-12(6-3-10)21(17,18)16-11-4-7-13-14(8-11)20-9-19-13/h2-8,15-16H,9H2,1H3. The van der Waals surface area contributed by atoms with Crippen LogP contribution in [0.1, 0.15) is 0 Å². The number of hydrogen-bond acceptors (Lipinski definition) is 5. The lowest BCUT2D eigenvalue weighted by Crippen LogP contribution is -2.12. The first-order valence-corrected chi connectivity index (χ1v) is 7.77. The molecule has 0 saturated carbocycles. The van der Waals surface area contributed by atoms with Gasteiger partial charge < -0.3 is 14.8 Å². The Morgan fingerprint density at radius 1 is 0.952 bits per heavy atom. The minimum absolute atomic E-state index is 0.150. The molecule has 0 atom stereocenters. The van der Waals surface area contributed by atoms with Crippen molar-refractivity contribution in [3.63, 3.8) is 0 Å². The Bertz CT molecular complexity index is 757. The normalized spacial score (nSPS) is 13.0. The Morgan fingerprint density at radius 2 is 1.62 bits per heavy atom. The molecule has 110 valence electrons. The molecule has 0 unspecified atom stereocenters. The quantitative estimate of drug-likeness (QED) is 0.906. The van der Waals surface area contributed by atoms with Gasteiger partial charge in [-0.2, -0.15) is 0 Å². The highest BCUT2D eigenvalue weighted by molar-refractivity contribution is 7.92. The van der Waals surface area contributed by atoms with E-state index in [1.54, 1.807) is 49.5 Å². The van der Waals surface area contributed by atoms with E-state index in [1.165, 1.54) is 0 Å². The second-order valence-electron chi connectivity index (χ2n) is 4.45. The van der Waals surface area contributed by atoms with Gasteiger partial charge >= 0.3 is 0 Å². The third-order valence-electron chi connectivity index (χ3n) is 3.08. The van der Waals surface area contributed by atoms with Crippen molar-refractivity contribution in [2.75, 3.05) is 23.9 Å². The summed E-state index contributed by atoms with van der Waals surface area (Å²) >= 11 is 0. The van der Waals surface area contributed by atoms with Crippen LogP contribution < -0.4 is 19.5 Å². The fraction of sp³-hybridized carbons (Fsp3) is 0.143. The highest BCUT2D eigenvalue weighted by Crippen LogP contribution is 2.34. The van der Waals surface area contributed by atoms with Crippen LogP contribution in [0, 0.1) is 0 Å². The molecular formula is C14H14N2O4S. The van der Waals surface area contributed by atoms with Crippen LogP contribution in [0.5, 0.6) is 11.5 Å². The van der Waals surface area contributed by atoms with Gasteiger partial charge in [0.1, 0.15) is 0 Å². The summed E-state index contributed by atoms with van der Waals surface area (Å²) in [5.74, 6) is 1.14. The molecule has 1 heterocycles. The van der Waals surface area contributed by atoms with Crippen LogP contribution in [-0.2, 0) is 10.0 Å². The van der Waals surface area contributed by atoms with E-state index >= 15 is 0 Å². The largest absolute Gasteiger partial charge is 0.454 e. The molecule has 6 nitrogen and oxygen atoms in total. The summed E-state index contributed by atoms with van der Waals surface area (Å²) in [5, 5.41) is 2.94. The maximum Gasteiger partial charge on any atom is 0.261 e. The summed E-state index contributed by atoms with van der Waals surface area (Å²) in [6.07, 6.45) is 0. The molecule has 0 spiro atoms. The Balaban J connectivity index is 1.85. The summed E-state index contributed by atoms with van der Waals surface area (Å²) < 4.78 is 37.5. The lowest BCUT2D eigenvalue weighted by atomic mass is 10.3. The van der Waals surface area contributed by atoms with Crippen molar-refractivity contribution in [2.24, 2.45) is 0 Å². The van der Waals surface area contributed by atoms with Crippen molar-refractivity contribution in [3.8, 4) is 11.5 Å². The van der Waals surface area contributed by atoms with Gasteiger partial charge in [0.05, 0.1) is 10.6 Å². The lowest BCUT2D eigenvalue weighted by molar-refractivity contribution is 0.174. The van der Waals surface area contributed by atoms with Crippen LogP contribution in [-0.4, -0.2) is 22.3 Å². The Labute approximate surface area is 122 Å². The van der Waals surface area contributed by atoms with E-state index in [4.69, 9.17) is 9.47 Å². The Kier molecular flexibility index (Phi) is 3.34. The van der Waals surface area contributed by atoms with Gasteiger partial charge in [-0.25, -0.2) is 8.42 Å². The van der Waals surface area contributed by atoms with Gasteiger partial charge in [-0.1, -0.05) is 0 Å². The van der Waals surface area contributed by atoms with Crippen molar-refractivity contribution in [1.29, 1.82) is 0 Å². The number of nitrogens with one attached hydrogen (secondary N) is 2. The molecule has 0 aliphatic carbocycles. The highest BCUT2D eigenvalue weighted by Gasteiger charge is 2.17. The molecule has 1 aliphatic heterocycles. The molecule has 0 bridgehead atoms. The van der Waals surface area contributed by atoms with Crippen LogP contribution in [0.3, 0.4) is 0 Å². The van der Waals surface area contributed by atoms with Crippen LogP contribution in [0.4, 0.5) is 11.4 Å². The number of ether oxygens (including phenoxy) is 2. The molecule has 2 aromatic rings. The zero-order valence-corrected chi connectivity index (χ0v) is 12.1. The summed E-state index contributed by atoms with van der Waals surface area (Å²) in [7, 11) is -1.86. The van der Waals surface area contributed by atoms with Gasteiger partial charge in [0.15, 0.2) is 11.5 Å². The Morgan fingerprint density at radius 3 is 2.33 bits per heavy atom. The zero-order chi connectivity index (χ0) is 14.9. The molecule has 3 rings (SSSR count). The van der Waals surface area contributed by atoms with E-state index in [1.807, 2.05) is 0 Å². The van der Waals surface area contributed by atoms with Crippen LogP contribution in [0.25, 0.3) is 0 Å². The first-order chi connectivity index (χ1) is 10.1. The van der Waals surface area contributed by atoms with Gasteiger partial charge in [0.2, 0.25) is 6.79 Å². The van der Waals surface area contributed by atoms with Crippen molar-refractivity contribution in [3.05, 3.63) is 42.5 Å². The third kappa shape index (κ3) is 2.73. The van der Waals surface area contributed by atoms with E-state index in [9.17, 15) is 8.42 Å². The van der Waals surface area contributed by atoms with Crippen molar-refractivity contribution in [2.45, 2.75) is 4.90 Å². The second kappa shape index (κ2) is 5.17. The van der Waals surface area contributed by atoms with Gasteiger partial charge in [0, 0.05) is 18.8 Å². The minimum atomic E-state index is -3.63. The molecule has 0 radical (unpaired) electrons. The summed E-state index contributed by atoms with van der Waals surface area (Å²) in [6, 6.07) is 11.4. The number of anilines is 2. The summed E-state index contributed by atoms with van der Waals surface area (Å²) in [4.78, 5) is 0.194. The van der Waals surface area contributed by atoms with Crippen molar-refractivity contribution in [1.82, 2.24) is 0 Å². The maximum atomic E-state index is 12.3. The zero-order valence-electron chi connectivity index (χ0n) is 11.3. The van der Waals surface area contributed by atoms with E-state index in [2.05, 4.69) is 10.0 Å². The number of hydrogen-bond donors (Lipinski definition) is 2. The Hall–Kier alpha value is -2.41. The summed E-state index contributed by atoms with van der Waals surface area (Å²) in [6.45, 7) is 0.150. The van der Waals surface area contributed by atoms with Crippen molar-refractivity contribution < 1.29 is 17.9 Å². The van der Waals surface area contributed by atoms with E-state index in [-0.39, 0.29) is 11.7 Å². The molecule has 21 heavy (non-hydrogen) atoms. The number of rotatable bonds is 4. The number of sulfonamides is 1. The van der Waals surface area contributed by atoms with Gasteiger partial charge in [-0.05, 0) is 36.4 Å². The predicted octanol–water partition coefficient (Wildman–Crippen LogP) is 2.26. The first kappa shape index (κ1) is 13.6. The van der Waals surface area contributed by atoms with Gasteiger partial charge in [0.25, 0.3) is 10.0 Å². The first-order valence-electron chi connectivity index (χ1n) is 6.29. The predicted molar refractivity (Wildman–Crippen MR) is 79.4 cm³/mol. The molecular weight excluding hydrogens is 292 g/mol. The molecule has 2 N–H and O–H groups in total. The highest BCUT2D eigenvalue weighted by atomic mass is 32.2. The van der Waals surface area contributed by atoms with Crippen LogP contribution in [0.15, 0.2) is 47.4 Å². The molecule has 0 saturated heterocycles. The smallest absolute Gasteiger partial charge is 0.261 e. The lowest BCUT2D eigenvalue weighted by Gasteiger charge is -2.09. The number of benzene rings is 2. The molecule has 0 fully saturated rings. The fourth-order valence-electron chi connectivity index (χ4n) is 1.97. The third-order valence-corrected chi connectivity index (χ3v) is 4.48. The molecule has 0 aromatic heterocycles. The summed E-state index contributed by atoms with van der Waals surface area (Å²) in [5.41, 5.74) is 1.27. The van der Waals surface area contributed by atoms with Crippen LogP contribution >= 0.6 is 0 Å². The molecule has 7 heteroatoms. The molecule has 0 amide bonds. The molecule has 1 aliphatic rings. The average Bonchev–Trinajstić information content (AvgIpc) is 2.94. The monoisotopic (exact) mass is 306 g/mol. The minimum Gasteiger partial charge on any atom is -0.454 e. The van der Waals surface area contributed by atoms with Crippen molar-refractivity contribution >= 4 is 21.4 Å². The van der Waals surface area contributed by atoms with E-state index in [0.717, 1.165) is 5.69 Å². The topological polar surface area (TPSA) is 76.7 Å². The average molecular weight is 306 g/mol. The van der Waals surface area contributed by atoms with Gasteiger partial charge in [-0.3, -0.25) is 4.72 Å². The second-order valence-corrected chi connectivity index (χ2v) is 6.13. The molecule has 2 aromatic carbocycles. The number of fused-ring (bicyclic) bond motifs is 1. The van der Waals surface area contributed by atoms with E-state index in [0.29, 0.717) is 17.2 Å².